The van der Waals surface area contributed by atoms with E-state index in [-0.39, 0.29) is 0 Å². The van der Waals surface area contributed by atoms with E-state index in [0.29, 0.717) is 5.92 Å². The van der Waals surface area contributed by atoms with E-state index in [2.05, 4.69) is 40.1 Å². The molecule has 3 heteroatoms. The molecule has 2 heterocycles. The molecule has 86 valence electrons. The van der Waals surface area contributed by atoms with Crippen LogP contribution in [-0.2, 0) is 6.42 Å². The molecule has 0 radical (unpaired) electrons. The molecule has 1 N–H and O–H groups in total. The van der Waals surface area contributed by atoms with E-state index >= 15 is 0 Å². The van der Waals surface area contributed by atoms with Crippen molar-refractivity contribution in [1.82, 2.24) is 15.0 Å². The molecule has 1 atom stereocenters. The molecule has 1 aliphatic carbocycles. The number of nitrogens with one attached hydrogen (secondary N) is 1. The van der Waals surface area contributed by atoms with Gasteiger partial charge in [-0.15, -0.1) is 0 Å². The van der Waals surface area contributed by atoms with Gasteiger partial charge in [0.05, 0.1) is 11.9 Å². The normalized spacial score (nSPS) is 18.1. The first kappa shape index (κ1) is 10.3. The Morgan fingerprint density at radius 1 is 1.29 bits per heavy atom. The highest BCUT2D eigenvalue weighted by molar-refractivity contribution is 5.65. The molecule has 3 nitrogen and oxygen atoms in total. The third-order valence-corrected chi connectivity index (χ3v) is 3.14. The molecule has 0 saturated carbocycles. The van der Waals surface area contributed by atoms with Gasteiger partial charge in [0.25, 0.3) is 0 Å². The summed E-state index contributed by atoms with van der Waals surface area (Å²) in [6, 6.07) is 2.18. The largest absolute Gasteiger partial charge is 0.342 e. The van der Waals surface area contributed by atoms with Gasteiger partial charge in [0.1, 0.15) is 5.82 Å². The lowest BCUT2D eigenvalue weighted by molar-refractivity contribution is 0.699. The second-order valence-corrected chi connectivity index (χ2v) is 4.68. The van der Waals surface area contributed by atoms with E-state index in [1.54, 1.807) is 0 Å². The van der Waals surface area contributed by atoms with Crippen molar-refractivity contribution in [3.05, 3.63) is 41.6 Å². The molecular weight excluding hydrogens is 210 g/mol. The Bertz CT molecular complexity index is 581. The highest BCUT2D eigenvalue weighted by atomic mass is 14.9. The Hall–Kier alpha value is -1.90. The molecular formula is C14H15N3. The van der Waals surface area contributed by atoms with Crippen molar-refractivity contribution in [3.8, 4) is 11.3 Å². The molecule has 1 unspecified atom stereocenters. The van der Waals surface area contributed by atoms with Gasteiger partial charge in [-0.1, -0.05) is 19.1 Å². The SMILES string of the molecule is Cc1ncc(-c2cnc3c(c2)C=CC(C)C3)[nH]1. The average Bonchev–Trinajstić information content (AvgIpc) is 2.75. The highest BCUT2D eigenvalue weighted by Gasteiger charge is 2.12. The summed E-state index contributed by atoms with van der Waals surface area (Å²) in [5.74, 6) is 1.53. The fourth-order valence-corrected chi connectivity index (χ4v) is 2.18. The maximum atomic E-state index is 4.56. The van der Waals surface area contributed by atoms with Gasteiger partial charge in [0.15, 0.2) is 0 Å². The Morgan fingerprint density at radius 3 is 2.94 bits per heavy atom. The molecule has 17 heavy (non-hydrogen) atoms. The van der Waals surface area contributed by atoms with Crippen LogP contribution in [0.15, 0.2) is 24.5 Å². The third-order valence-electron chi connectivity index (χ3n) is 3.14. The lowest BCUT2D eigenvalue weighted by Crippen LogP contribution is -2.05. The van der Waals surface area contributed by atoms with E-state index in [4.69, 9.17) is 0 Å². The number of pyridine rings is 1. The predicted molar refractivity (Wildman–Crippen MR) is 68.5 cm³/mol. The van der Waals surface area contributed by atoms with E-state index in [9.17, 15) is 0 Å². The lowest BCUT2D eigenvalue weighted by Gasteiger charge is -2.15. The molecule has 0 aliphatic heterocycles. The number of allylic oxidation sites excluding steroid dienone is 1. The van der Waals surface area contributed by atoms with Crippen molar-refractivity contribution < 1.29 is 0 Å². The zero-order chi connectivity index (χ0) is 11.8. The van der Waals surface area contributed by atoms with Crippen LogP contribution in [0.25, 0.3) is 17.3 Å². The van der Waals surface area contributed by atoms with Gasteiger partial charge in [0, 0.05) is 17.5 Å². The molecule has 0 saturated heterocycles. The van der Waals surface area contributed by atoms with Gasteiger partial charge in [-0.3, -0.25) is 4.98 Å². The van der Waals surface area contributed by atoms with E-state index in [1.165, 1.54) is 11.3 Å². The number of imidazole rings is 1. The molecule has 0 fully saturated rings. The minimum atomic E-state index is 0.593. The summed E-state index contributed by atoms with van der Waals surface area (Å²) in [5, 5.41) is 0. The molecule has 2 aromatic heterocycles. The van der Waals surface area contributed by atoms with Crippen LogP contribution in [0.2, 0.25) is 0 Å². The predicted octanol–water partition coefficient (Wildman–Crippen LogP) is 2.99. The second kappa shape index (κ2) is 3.84. The average molecular weight is 225 g/mol. The topological polar surface area (TPSA) is 41.6 Å². The number of hydrogen-bond donors (Lipinski definition) is 1. The number of H-pyrrole nitrogens is 1. The standard InChI is InChI=1S/C14H15N3/c1-9-3-4-11-6-12(7-16-13(11)5-9)14-8-15-10(2)17-14/h3-4,6-9H,5H2,1-2H3,(H,15,17). The Balaban J connectivity index is 2.03. The minimum Gasteiger partial charge on any atom is -0.342 e. The number of fused-ring (bicyclic) bond motifs is 1. The summed E-state index contributed by atoms with van der Waals surface area (Å²) < 4.78 is 0. The van der Waals surface area contributed by atoms with Gasteiger partial charge < -0.3 is 4.98 Å². The molecule has 1 aliphatic rings. The van der Waals surface area contributed by atoms with Crippen molar-refractivity contribution in [2.75, 3.05) is 0 Å². The van der Waals surface area contributed by atoms with Crippen LogP contribution in [0.4, 0.5) is 0 Å². The van der Waals surface area contributed by atoms with Crippen LogP contribution in [0.1, 0.15) is 24.0 Å². The maximum Gasteiger partial charge on any atom is 0.103 e. The molecule has 0 aromatic carbocycles. The molecule has 0 amide bonds. The van der Waals surface area contributed by atoms with E-state index in [1.807, 2.05) is 19.3 Å². The second-order valence-electron chi connectivity index (χ2n) is 4.68. The van der Waals surface area contributed by atoms with Crippen LogP contribution in [0, 0.1) is 12.8 Å². The first-order chi connectivity index (χ1) is 8.22. The monoisotopic (exact) mass is 225 g/mol. The number of nitrogens with zero attached hydrogens (tertiary/aromatic N) is 2. The summed E-state index contributed by atoms with van der Waals surface area (Å²) in [4.78, 5) is 12.0. The highest BCUT2D eigenvalue weighted by Crippen LogP contribution is 2.25. The number of aromatic amines is 1. The van der Waals surface area contributed by atoms with Crippen molar-refractivity contribution in [1.29, 1.82) is 0 Å². The van der Waals surface area contributed by atoms with Gasteiger partial charge in [-0.25, -0.2) is 4.98 Å². The van der Waals surface area contributed by atoms with Crippen molar-refractivity contribution in [3.63, 3.8) is 0 Å². The quantitative estimate of drug-likeness (QED) is 0.810. The fraction of sp³-hybridized carbons (Fsp3) is 0.286. The van der Waals surface area contributed by atoms with Crippen LogP contribution in [0.3, 0.4) is 0 Å². The smallest absolute Gasteiger partial charge is 0.103 e. The van der Waals surface area contributed by atoms with Gasteiger partial charge in [0.2, 0.25) is 0 Å². The number of aryl methyl sites for hydroxylation is 1. The fourth-order valence-electron chi connectivity index (χ4n) is 2.18. The zero-order valence-corrected chi connectivity index (χ0v) is 10.1. The van der Waals surface area contributed by atoms with Crippen LogP contribution in [0.5, 0.6) is 0 Å². The van der Waals surface area contributed by atoms with Crippen LogP contribution < -0.4 is 0 Å². The van der Waals surface area contributed by atoms with Crippen LogP contribution in [-0.4, -0.2) is 15.0 Å². The molecule has 2 aromatic rings. The van der Waals surface area contributed by atoms with Crippen molar-refractivity contribution in [2.45, 2.75) is 20.3 Å². The van der Waals surface area contributed by atoms with E-state index in [0.717, 1.165) is 23.5 Å². The lowest BCUT2D eigenvalue weighted by atomic mass is 9.94. The molecule has 0 bridgehead atoms. The van der Waals surface area contributed by atoms with Gasteiger partial charge in [-0.05, 0) is 30.9 Å². The maximum absolute atomic E-state index is 4.56. The van der Waals surface area contributed by atoms with Crippen molar-refractivity contribution in [2.24, 2.45) is 5.92 Å². The first-order valence-corrected chi connectivity index (χ1v) is 5.91. The Morgan fingerprint density at radius 2 is 2.18 bits per heavy atom. The summed E-state index contributed by atoms with van der Waals surface area (Å²) in [5.41, 5.74) is 4.56. The third kappa shape index (κ3) is 1.88. The Kier molecular flexibility index (Phi) is 2.32. The van der Waals surface area contributed by atoms with Gasteiger partial charge >= 0.3 is 0 Å². The van der Waals surface area contributed by atoms with Gasteiger partial charge in [-0.2, -0.15) is 0 Å². The van der Waals surface area contributed by atoms with Crippen molar-refractivity contribution >= 4 is 6.08 Å². The van der Waals surface area contributed by atoms with E-state index < -0.39 is 0 Å². The number of rotatable bonds is 1. The van der Waals surface area contributed by atoms with Crippen LogP contribution >= 0.6 is 0 Å². The molecule has 3 rings (SSSR count). The zero-order valence-electron chi connectivity index (χ0n) is 10.1. The summed E-state index contributed by atoms with van der Waals surface area (Å²) >= 11 is 0. The molecule has 0 spiro atoms. The first-order valence-electron chi connectivity index (χ1n) is 5.91. The minimum absolute atomic E-state index is 0.593. The summed E-state index contributed by atoms with van der Waals surface area (Å²) in [6.45, 7) is 4.17. The number of aromatic nitrogens is 3. The number of hydrogen-bond acceptors (Lipinski definition) is 2. The summed E-state index contributed by atoms with van der Waals surface area (Å²) in [7, 11) is 0. The Labute approximate surface area is 101 Å². The summed E-state index contributed by atoms with van der Waals surface area (Å²) in [6.07, 6.45) is 9.23.